The SMILES string of the molecule is COC(=O)[C@H](C)N[C@@H]1CCO[C@@H]1c1ccc(Cl)c(F)c1. The first-order valence-corrected chi connectivity index (χ1v) is 6.81. The molecule has 20 heavy (non-hydrogen) atoms. The van der Waals surface area contributed by atoms with Gasteiger partial charge in [0.05, 0.1) is 18.2 Å². The maximum absolute atomic E-state index is 13.5. The van der Waals surface area contributed by atoms with Crippen molar-refractivity contribution < 1.29 is 18.7 Å². The van der Waals surface area contributed by atoms with Crippen LogP contribution in [0.1, 0.15) is 25.0 Å². The summed E-state index contributed by atoms with van der Waals surface area (Å²) in [5, 5.41) is 3.24. The molecule has 1 heterocycles. The van der Waals surface area contributed by atoms with Gasteiger partial charge < -0.3 is 9.47 Å². The van der Waals surface area contributed by atoms with Crippen molar-refractivity contribution >= 4 is 17.6 Å². The Hall–Kier alpha value is -1.17. The number of halogens is 2. The van der Waals surface area contributed by atoms with Gasteiger partial charge in [-0.1, -0.05) is 17.7 Å². The van der Waals surface area contributed by atoms with E-state index in [-0.39, 0.29) is 23.1 Å². The first-order valence-electron chi connectivity index (χ1n) is 6.43. The average Bonchev–Trinajstić information content (AvgIpc) is 2.89. The van der Waals surface area contributed by atoms with Crippen molar-refractivity contribution in [1.29, 1.82) is 0 Å². The summed E-state index contributed by atoms with van der Waals surface area (Å²) in [5.41, 5.74) is 0.707. The highest BCUT2D eigenvalue weighted by molar-refractivity contribution is 6.30. The Bertz CT molecular complexity index is 497. The Kier molecular flexibility index (Phi) is 4.96. The summed E-state index contributed by atoms with van der Waals surface area (Å²) in [5.74, 6) is -0.808. The van der Waals surface area contributed by atoms with Gasteiger partial charge in [0.25, 0.3) is 0 Å². The minimum atomic E-state index is -0.473. The largest absolute Gasteiger partial charge is 0.468 e. The van der Waals surface area contributed by atoms with E-state index in [9.17, 15) is 9.18 Å². The Labute approximate surface area is 122 Å². The monoisotopic (exact) mass is 301 g/mol. The van der Waals surface area contributed by atoms with Gasteiger partial charge in [-0.3, -0.25) is 10.1 Å². The van der Waals surface area contributed by atoms with Crippen LogP contribution in [-0.4, -0.2) is 31.8 Å². The summed E-state index contributed by atoms with van der Waals surface area (Å²) in [6.45, 7) is 2.28. The molecule has 1 aromatic carbocycles. The van der Waals surface area contributed by atoms with Gasteiger partial charge in [-0.15, -0.1) is 0 Å². The van der Waals surface area contributed by atoms with Crippen LogP contribution in [0.2, 0.25) is 5.02 Å². The average molecular weight is 302 g/mol. The number of carbonyl (C=O) groups excluding carboxylic acids is 1. The highest BCUT2D eigenvalue weighted by Gasteiger charge is 2.32. The zero-order valence-corrected chi connectivity index (χ0v) is 12.1. The van der Waals surface area contributed by atoms with Gasteiger partial charge in [-0.2, -0.15) is 0 Å². The molecule has 0 amide bonds. The topological polar surface area (TPSA) is 47.6 Å². The zero-order valence-electron chi connectivity index (χ0n) is 11.4. The standard InChI is InChI=1S/C14H17ClFNO3/c1-8(14(18)19-2)17-12-5-6-20-13(12)9-3-4-10(15)11(16)7-9/h3-4,7-8,12-13,17H,5-6H2,1-2H3/t8-,12+,13+/m0/s1. The van der Waals surface area contributed by atoms with Gasteiger partial charge in [-0.05, 0) is 31.0 Å². The highest BCUT2D eigenvalue weighted by Crippen LogP contribution is 2.31. The van der Waals surface area contributed by atoms with Gasteiger partial charge in [0, 0.05) is 12.6 Å². The van der Waals surface area contributed by atoms with Crippen molar-refractivity contribution in [1.82, 2.24) is 5.32 Å². The third kappa shape index (κ3) is 3.29. The van der Waals surface area contributed by atoms with Crippen LogP contribution in [0.4, 0.5) is 4.39 Å². The van der Waals surface area contributed by atoms with Crippen molar-refractivity contribution in [3.63, 3.8) is 0 Å². The van der Waals surface area contributed by atoms with Crippen molar-refractivity contribution in [2.45, 2.75) is 31.5 Å². The fraction of sp³-hybridized carbons (Fsp3) is 0.500. The molecule has 0 unspecified atom stereocenters. The molecule has 0 aromatic heterocycles. The van der Waals surface area contributed by atoms with Crippen molar-refractivity contribution in [3.8, 4) is 0 Å². The van der Waals surface area contributed by atoms with E-state index in [1.807, 2.05) is 0 Å². The predicted octanol–water partition coefficient (Wildman–Crippen LogP) is 2.46. The molecule has 2 rings (SSSR count). The Morgan fingerprint density at radius 1 is 1.60 bits per heavy atom. The van der Waals surface area contributed by atoms with E-state index >= 15 is 0 Å². The van der Waals surface area contributed by atoms with Crippen LogP contribution >= 0.6 is 11.6 Å². The number of hydrogen-bond donors (Lipinski definition) is 1. The molecule has 0 saturated carbocycles. The van der Waals surface area contributed by atoms with E-state index in [1.165, 1.54) is 19.2 Å². The normalized spacial score (nSPS) is 23.6. The van der Waals surface area contributed by atoms with E-state index in [0.717, 1.165) is 6.42 Å². The fourth-order valence-corrected chi connectivity index (χ4v) is 2.46. The van der Waals surface area contributed by atoms with E-state index in [0.29, 0.717) is 12.2 Å². The van der Waals surface area contributed by atoms with E-state index in [2.05, 4.69) is 10.1 Å². The molecule has 1 aliphatic heterocycles. The Morgan fingerprint density at radius 3 is 3.00 bits per heavy atom. The smallest absolute Gasteiger partial charge is 0.322 e. The molecule has 0 bridgehead atoms. The lowest BCUT2D eigenvalue weighted by Crippen LogP contribution is -2.43. The number of methoxy groups -OCH3 is 1. The van der Waals surface area contributed by atoms with Crippen molar-refractivity contribution in [3.05, 3.63) is 34.6 Å². The molecular formula is C14H17ClFNO3. The number of rotatable bonds is 4. The summed E-state index contributed by atoms with van der Waals surface area (Å²) in [6, 6.07) is 4.11. The van der Waals surface area contributed by atoms with E-state index < -0.39 is 11.9 Å². The summed E-state index contributed by atoms with van der Waals surface area (Å²) in [7, 11) is 1.34. The van der Waals surface area contributed by atoms with Crippen LogP contribution < -0.4 is 5.32 Å². The van der Waals surface area contributed by atoms with Crippen LogP contribution in [0, 0.1) is 5.82 Å². The molecule has 3 atom stereocenters. The molecule has 0 aliphatic carbocycles. The Balaban J connectivity index is 2.10. The van der Waals surface area contributed by atoms with Crippen molar-refractivity contribution in [2.24, 2.45) is 0 Å². The molecule has 6 heteroatoms. The second kappa shape index (κ2) is 6.52. The molecule has 110 valence electrons. The zero-order chi connectivity index (χ0) is 14.7. The molecule has 4 nitrogen and oxygen atoms in total. The first kappa shape index (κ1) is 15.2. The van der Waals surface area contributed by atoms with E-state index in [1.54, 1.807) is 13.0 Å². The molecule has 1 fully saturated rings. The van der Waals surface area contributed by atoms with Gasteiger partial charge in [0.2, 0.25) is 0 Å². The molecule has 1 saturated heterocycles. The second-order valence-electron chi connectivity index (χ2n) is 4.77. The van der Waals surface area contributed by atoms with Gasteiger partial charge in [0.15, 0.2) is 0 Å². The maximum atomic E-state index is 13.5. The van der Waals surface area contributed by atoms with Gasteiger partial charge in [0.1, 0.15) is 11.9 Å². The third-order valence-electron chi connectivity index (χ3n) is 3.38. The van der Waals surface area contributed by atoms with Gasteiger partial charge >= 0.3 is 5.97 Å². The lowest BCUT2D eigenvalue weighted by atomic mass is 10.0. The van der Waals surface area contributed by atoms with Crippen LogP contribution in [0.5, 0.6) is 0 Å². The molecule has 1 aliphatic rings. The minimum Gasteiger partial charge on any atom is -0.468 e. The molecule has 0 spiro atoms. The molecular weight excluding hydrogens is 285 g/mol. The lowest BCUT2D eigenvalue weighted by Gasteiger charge is -2.23. The number of ether oxygens (including phenoxy) is 2. The maximum Gasteiger partial charge on any atom is 0.322 e. The summed E-state index contributed by atoms with van der Waals surface area (Å²) in [4.78, 5) is 11.4. The first-order chi connectivity index (χ1) is 9.52. The van der Waals surface area contributed by atoms with Gasteiger partial charge in [-0.25, -0.2) is 4.39 Å². The number of hydrogen-bond acceptors (Lipinski definition) is 4. The van der Waals surface area contributed by atoms with Crippen LogP contribution in [0.15, 0.2) is 18.2 Å². The number of esters is 1. The second-order valence-corrected chi connectivity index (χ2v) is 5.18. The minimum absolute atomic E-state index is 0.0651. The number of carbonyl (C=O) groups is 1. The van der Waals surface area contributed by atoms with Crippen LogP contribution in [0.3, 0.4) is 0 Å². The Morgan fingerprint density at radius 2 is 2.35 bits per heavy atom. The van der Waals surface area contributed by atoms with Crippen LogP contribution in [-0.2, 0) is 14.3 Å². The summed E-state index contributed by atoms with van der Waals surface area (Å²) < 4.78 is 23.8. The molecule has 1 aromatic rings. The predicted molar refractivity (Wildman–Crippen MR) is 73.1 cm³/mol. The fourth-order valence-electron chi connectivity index (χ4n) is 2.34. The lowest BCUT2D eigenvalue weighted by molar-refractivity contribution is -0.142. The summed E-state index contributed by atoms with van der Waals surface area (Å²) >= 11 is 5.68. The number of nitrogens with one attached hydrogen (secondary N) is 1. The molecule has 1 N–H and O–H groups in total. The quantitative estimate of drug-likeness (QED) is 0.868. The molecule has 0 radical (unpaired) electrons. The highest BCUT2D eigenvalue weighted by atomic mass is 35.5. The number of benzene rings is 1. The van der Waals surface area contributed by atoms with Crippen LogP contribution in [0.25, 0.3) is 0 Å². The van der Waals surface area contributed by atoms with Crippen molar-refractivity contribution in [2.75, 3.05) is 13.7 Å². The third-order valence-corrected chi connectivity index (χ3v) is 3.69. The summed E-state index contributed by atoms with van der Waals surface area (Å²) in [6.07, 6.45) is 0.449. The van der Waals surface area contributed by atoms with E-state index in [4.69, 9.17) is 16.3 Å².